The summed E-state index contributed by atoms with van der Waals surface area (Å²) in [5, 5.41) is 0. The third kappa shape index (κ3) is 6.05. The molecular formula is C5H10O7S2. The third-order valence-electron chi connectivity index (χ3n) is 1.08. The molecule has 0 spiro atoms. The van der Waals surface area contributed by atoms with Crippen molar-refractivity contribution in [1.82, 2.24) is 0 Å². The maximum atomic E-state index is 10.5. The number of hydrogen-bond donors (Lipinski definition) is 2. The van der Waals surface area contributed by atoms with Crippen molar-refractivity contribution in [2.45, 2.75) is 5.44 Å². The summed E-state index contributed by atoms with van der Waals surface area (Å²) >= 11 is 0. The molecule has 0 bridgehead atoms. The molecule has 14 heavy (non-hydrogen) atoms. The predicted octanol–water partition coefficient (Wildman–Crippen LogP) is -0.709. The van der Waals surface area contributed by atoms with Crippen LogP contribution >= 0.6 is 0 Å². The Labute approximate surface area is 81.9 Å². The number of rotatable bonds is 6. The first-order valence-electron chi connectivity index (χ1n) is 3.31. The van der Waals surface area contributed by atoms with E-state index in [-0.39, 0.29) is 6.61 Å². The summed E-state index contributed by atoms with van der Waals surface area (Å²) in [6.07, 6.45) is 1.17. The molecule has 9 heteroatoms. The third-order valence-corrected chi connectivity index (χ3v) is 2.98. The van der Waals surface area contributed by atoms with Crippen molar-refractivity contribution in [3.8, 4) is 0 Å². The minimum atomic E-state index is -4.68. The normalized spacial score (nSPS) is 15.0. The van der Waals surface area contributed by atoms with Gasteiger partial charge in [-0.3, -0.25) is 9.11 Å². The lowest BCUT2D eigenvalue weighted by Gasteiger charge is -2.11. The first-order valence-corrected chi connectivity index (χ1v) is 6.42. The SMILES string of the molecule is C=CCOC(CS(=O)(=O)O)S(=O)(=O)O. The molecule has 1 unspecified atom stereocenters. The Bertz CT molecular complexity index is 378. The Morgan fingerprint density at radius 3 is 2.07 bits per heavy atom. The number of hydrogen-bond acceptors (Lipinski definition) is 5. The summed E-state index contributed by atoms with van der Waals surface area (Å²) < 4.78 is 63.0. The van der Waals surface area contributed by atoms with Gasteiger partial charge in [-0.1, -0.05) is 6.08 Å². The summed E-state index contributed by atoms with van der Waals surface area (Å²) in [5.41, 5.74) is -2.00. The van der Waals surface area contributed by atoms with Crippen molar-refractivity contribution < 1.29 is 30.7 Å². The summed E-state index contributed by atoms with van der Waals surface area (Å²) in [6.45, 7) is 2.93. The molecule has 0 saturated heterocycles. The Balaban J connectivity index is 4.67. The fourth-order valence-electron chi connectivity index (χ4n) is 0.567. The summed E-state index contributed by atoms with van der Waals surface area (Å²) in [7, 11) is -9.21. The van der Waals surface area contributed by atoms with E-state index >= 15 is 0 Å². The van der Waals surface area contributed by atoms with Crippen LogP contribution in [0.5, 0.6) is 0 Å². The van der Waals surface area contributed by atoms with E-state index in [1.807, 2.05) is 0 Å². The molecule has 0 aromatic heterocycles. The van der Waals surface area contributed by atoms with Crippen molar-refractivity contribution in [3.05, 3.63) is 12.7 Å². The van der Waals surface area contributed by atoms with Crippen LogP contribution in [-0.2, 0) is 25.0 Å². The Morgan fingerprint density at radius 2 is 1.79 bits per heavy atom. The van der Waals surface area contributed by atoms with E-state index < -0.39 is 31.4 Å². The molecule has 1 atom stereocenters. The highest BCUT2D eigenvalue weighted by Crippen LogP contribution is 2.04. The van der Waals surface area contributed by atoms with Crippen LogP contribution in [0.25, 0.3) is 0 Å². The highest BCUT2D eigenvalue weighted by molar-refractivity contribution is 7.90. The van der Waals surface area contributed by atoms with Gasteiger partial charge in [-0.2, -0.15) is 16.8 Å². The Morgan fingerprint density at radius 1 is 1.29 bits per heavy atom. The fraction of sp³-hybridized carbons (Fsp3) is 0.600. The second-order valence-electron chi connectivity index (χ2n) is 2.32. The predicted molar refractivity (Wildman–Crippen MR) is 47.9 cm³/mol. The average Bonchev–Trinajstić information content (AvgIpc) is 1.93. The van der Waals surface area contributed by atoms with Crippen LogP contribution in [0.15, 0.2) is 12.7 Å². The zero-order chi connectivity index (χ0) is 11.4. The van der Waals surface area contributed by atoms with E-state index in [1.54, 1.807) is 0 Å². The van der Waals surface area contributed by atoms with Gasteiger partial charge < -0.3 is 4.74 Å². The van der Waals surface area contributed by atoms with Crippen LogP contribution in [0.3, 0.4) is 0 Å². The first-order chi connectivity index (χ1) is 6.17. The zero-order valence-electron chi connectivity index (χ0n) is 7.03. The Hall–Kier alpha value is -0.480. The summed E-state index contributed by atoms with van der Waals surface area (Å²) in [6, 6.07) is 0. The molecule has 0 aliphatic carbocycles. The van der Waals surface area contributed by atoms with Gasteiger partial charge in [-0.15, -0.1) is 6.58 Å². The molecule has 0 aromatic rings. The molecule has 0 aromatic carbocycles. The second-order valence-corrected chi connectivity index (χ2v) is 5.37. The van der Waals surface area contributed by atoms with E-state index in [0.29, 0.717) is 0 Å². The van der Waals surface area contributed by atoms with Crippen molar-refractivity contribution in [3.63, 3.8) is 0 Å². The first kappa shape index (κ1) is 13.5. The second kappa shape index (κ2) is 4.84. The van der Waals surface area contributed by atoms with Crippen LogP contribution in [0.4, 0.5) is 0 Å². The smallest absolute Gasteiger partial charge is 0.293 e. The molecule has 0 saturated carbocycles. The van der Waals surface area contributed by atoms with Gasteiger partial charge in [0.25, 0.3) is 20.2 Å². The van der Waals surface area contributed by atoms with Gasteiger partial charge in [-0.05, 0) is 0 Å². The summed E-state index contributed by atoms with van der Waals surface area (Å²) in [5.74, 6) is -1.22. The largest absolute Gasteiger partial charge is 0.355 e. The van der Waals surface area contributed by atoms with Gasteiger partial charge in [0.15, 0.2) is 5.44 Å². The standard InChI is InChI=1S/C5H10O7S2/c1-2-3-12-5(14(9,10)11)4-13(6,7)8/h2,5H,1,3-4H2,(H,6,7,8)(H,9,10,11). The zero-order valence-corrected chi connectivity index (χ0v) is 8.66. The molecule has 2 N–H and O–H groups in total. The molecule has 0 aliphatic rings. The van der Waals surface area contributed by atoms with Crippen LogP contribution in [0.1, 0.15) is 0 Å². The van der Waals surface area contributed by atoms with Crippen LogP contribution in [-0.4, -0.2) is 43.7 Å². The molecule has 0 fully saturated rings. The highest BCUT2D eigenvalue weighted by atomic mass is 32.2. The minimum Gasteiger partial charge on any atom is -0.355 e. The lowest BCUT2D eigenvalue weighted by atomic mass is 10.7. The van der Waals surface area contributed by atoms with Crippen molar-refractivity contribution >= 4 is 20.2 Å². The fourth-order valence-corrected chi connectivity index (χ4v) is 2.46. The quantitative estimate of drug-likeness (QED) is 0.469. The topological polar surface area (TPSA) is 118 Å². The molecule has 7 nitrogen and oxygen atoms in total. The van der Waals surface area contributed by atoms with E-state index in [0.717, 1.165) is 0 Å². The van der Waals surface area contributed by atoms with Gasteiger partial charge in [0.05, 0.1) is 6.61 Å². The van der Waals surface area contributed by atoms with Gasteiger partial charge in [0.1, 0.15) is 5.75 Å². The number of ether oxygens (including phenoxy) is 1. The Kier molecular flexibility index (Phi) is 4.68. The average molecular weight is 246 g/mol. The summed E-state index contributed by atoms with van der Waals surface area (Å²) in [4.78, 5) is 0. The monoisotopic (exact) mass is 246 g/mol. The van der Waals surface area contributed by atoms with Gasteiger partial charge in [-0.25, -0.2) is 0 Å². The molecule has 0 heterocycles. The lowest BCUT2D eigenvalue weighted by Crippen LogP contribution is -2.31. The van der Waals surface area contributed by atoms with Crippen LogP contribution < -0.4 is 0 Å². The minimum absolute atomic E-state index is 0.264. The van der Waals surface area contributed by atoms with Crippen molar-refractivity contribution in [1.29, 1.82) is 0 Å². The molecule has 84 valence electrons. The van der Waals surface area contributed by atoms with Crippen molar-refractivity contribution in [2.75, 3.05) is 12.4 Å². The molecule has 0 rings (SSSR count). The van der Waals surface area contributed by atoms with E-state index in [1.165, 1.54) is 6.08 Å². The van der Waals surface area contributed by atoms with Crippen LogP contribution in [0, 0.1) is 0 Å². The van der Waals surface area contributed by atoms with Crippen LogP contribution in [0.2, 0.25) is 0 Å². The lowest BCUT2D eigenvalue weighted by molar-refractivity contribution is 0.136. The molecule has 0 radical (unpaired) electrons. The van der Waals surface area contributed by atoms with Gasteiger partial charge in [0.2, 0.25) is 0 Å². The van der Waals surface area contributed by atoms with E-state index in [2.05, 4.69) is 11.3 Å². The van der Waals surface area contributed by atoms with Gasteiger partial charge in [0, 0.05) is 0 Å². The molecule has 0 amide bonds. The van der Waals surface area contributed by atoms with E-state index in [4.69, 9.17) is 9.11 Å². The van der Waals surface area contributed by atoms with Gasteiger partial charge >= 0.3 is 0 Å². The molecule has 0 aliphatic heterocycles. The maximum absolute atomic E-state index is 10.5. The van der Waals surface area contributed by atoms with Crippen molar-refractivity contribution in [2.24, 2.45) is 0 Å². The van der Waals surface area contributed by atoms with E-state index in [9.17, 15) is 16.8 Å². The maximum Gasteiger partial charge on any atom is 0.293 e. The molecular weight excluding hydrogens is 236 g/mol. The highest BCUT2D eigenvalue weighted by Gasteiger charge is 2.28.